The predicted molar refractivity (Wildman–Crippen MR) is 104 cm³/mol. The van der Waals surface area contributed by atoms with Gasteiger partial charge in [-0.15, -0.1) is 0 Å². The van der Waals surface area contributed by atoms with Crippen molar-refractivity contribution < 1.29 is 8.42 Å². The Bertz CT molecular complexity index is 1020. The van der Waals surface area contributed by atoms with E-state index < -0.39 is 9.84 Å². The Morgan fingerprint density at radius 1 is 1.22 bits per heavy atom. The summed E-state index contributed by atoms with van der Waals surface area (Å²) in [6, 6.07) is 3.73. The van der Waals surface area contributed by atoms with Gasteiger partial charge in [-0.25, -0.2) is 18.4 Å². The van der Waals surface area contributed by atoms with Crippen LogP contribution in [0.5, 0.6) is 0 Å². The third-order valence-electron chi connectivity index (χ3n) is 5.77. The summed E-state index contributed by atoms with van der Waals surface area (Å²) in [5, 5.41) is 0. The molecule has 1 spiro atoms. The van der Waals surface area contributed by atoms with E-state index >= 15 is 0 Å². The second-order valence-electron chi connectivity index (χ2n) is 7.84. The van der Waals surface area contributed by atoms with Gasteiger partial charge in [-0.2, -0.15) is 0 Å². The molecule has 0 bridgehead atoms. The van der Waals surface area contributed by atoms with Gasteiger partial charge in [0.25, 0.3) is 5.56 Å². The number of nitrogens with zero attached hydrogens (tertiary/aromatic N) is 3. The number of pyridine rings is 1. The van der Waals surface area contributed by atoms with Crippen molar-refractivity contribution in [2.45, 2.75) is 43.8 Å². The molecular formula is C19H24N4O3S. The fraction of sp³-hybridized carbons (Fsp3) is 0.526. The molecule has 8 heteroatoms. The van der Waals surface area contributed by atoms with E-state index in [2.05, 4.69) is 19.9 Å². The van der Waals surface area contributed by atoms with Crippen LogP contribution in [0.1, 0.15) is 41.9 Å². The molecule has 4 rings (SSSR count). The van der Waals surface area contributed by atoms with Crippen molar-refractivity contribution in [3.63, 3.8) is 0 Å². The molecule has 144 valence electrons. The zero-order valence-electron chi connectivity index (χ0n) is 15.7. The molecule has 1 N–H and O–H groups in total. The van der Waals surface area contributed by atoms with Gasteiger partial charge in [-0.3, -0.25) is 4.79 Å². The molecule has 1 aliphatic carbocycles. The number of H-pyrrole nitrogens is 1. The number of fused-ring (bicyclic) bond motifs is 2. The highest BCUT2D eigenvalue weighted by Crippen LogP contribution is 2.44. The van der Waals surface area contributed by atoms with Crippen LogP contribution in [0, 0.1) is 6.92 Å². The molecule has 2 aliphatic rings. The molecule has 2 aromatic rings. The number of piperidine rings is 1. The standard InChI is InChI=1S/C19H24N4O3S/c1-13-21-17-15(18(24)22-13)5-6-19(17)7-9-23(10-8-19)16-4-3-14(11-20-16)12-27(2,25)26/h3-4,11H,5-10,12H2,1-2H3,(H,21,22,24). The number of aromatic amines is 1. The molecule has 0 saturated carbocycles. The fourth-order valence-electron chi connectivity index (χ4n) is 4.41. The van der Waals surface area contributed by atoms with E-state index in [-0.39, 0.29) is 16.7 Å². The van der Waals surface area contributed by atoms with Crippen LogP contribution in [0.2, 0.25) is 0 Å². The molecule has 3 heterocycles. The molecule has 0 unspecified atom stereocenters. The van der Waals surface area contributed by atoms with Crippen molar-refractivity contribution in [2.75, 3.05) is 24.2 Å². The molecule has 7 nitrogen and oxygen atoms in total. The van der Waals surface area contributed by atoms with Gasteiger partial charge in [0.15, 0.2) is 9.84 Å². The maximum atomic E-state index is 12.2. The van der Waals surface area contributed by atoms with Crippen LogP contribution in [-0.2, 0) is 27.4 Å². The molecule has 0 aromatic carbocycles. The molecule has 1 aliphatic heterocycles. The average Bonchev–Trinajstić information content (AvgIpc) is 2.94. The Morgan fingerprint density at radius 2 is 1.96 bits per heavy atom. The van der Waals surface area contributed by atoms with Gasteiger partial charge in [0, 0.05) is 36.5 Å². The van der Waals surface area contributed by atoms with E-state index in [1.165, 1.54) is 6.26 Å². The Labute approximate surface area is 158 Å². The molecule has 27 heavy (non-hydrogen) atoms. The average molecular weight is 388 g/mol. The third kappa shape index (κ3) is 3.50. The number of aromatic nitrogens is 3. The summed E-state index contributed by atoms with van der Waals surface area (Å²) < 4.78 is 22.8. The Balaban J connectivity index is 1.50. The van der Waals surface area contributed by atoms with Crippen LogP contribution in [0.15, 0.2) is 23.1 Å². The SMILES string of the molecule is Cc1nc2c(c(=O)[nH]1)CCC21CCN(c2ccc(CS(C)(=O)=O)cn2)CC1. The van der Waals surface area contributed by atoms with E-state index in [1.807, 2.05) is 19.1 Å². The summed E-state index contributed by atoms with van der Waals surface area (Å²) in [5.74, 6) is 1.57. The molecule has 2 aromatic heterocycles. The molecular weight excluding hydrogens is 364 g/mol. The first kappa shape index (κ1) is 18.2. The van der Waals surface area contributed by atoms with Gasteiger partial charge < -0.3 is 9.88 Å². The summed E-state index contributed by atoms with van der Waals surface area (Å²) >= 11 is 0. The molecule has 1 saturated heterocycles. The highest BCUT2D eigenvalue weighted by atomic mass is 32.2. The first-order chi connectivity index (χ1) is 12.8. The lowest BCUT2D eigenvalue weighted by molar-refractivity contribution is 0.321. The van der Waals surface area contributed by atoms with Crippen molar-refractivity contribution in [1.82, 2.24) is 15.0 Å². The third-order valence-corrected chi connectivity index (χ3v) is 6.63. The van der Waals surface area contributed by atoms with Gasteiger partial charge in [0.2, 0.25) is 0 Å². The monoisotopic (exact) mass is 388 g/mol. The number of rotatable bonds is 3. The van der Waals surface area contributed by atoms with Crippen molar-refractivity contribution in [2.24, 2.45) is 0 Å². The predicted octanol–water partition coefficient (Wildman–Crippen LogP) is 1.50. The van der Waals surface area contributed by atoms with Gasteiger partial charge in [0.05, 0.1) is 11.4 Å². The van der Waals surface area contributed by atoms with E-state index in [9.17, 15) is 13.2 Å². The number of sulfone groups is 1. The topological polar surface area (TPSA) is 96.0 Å². The summed E-state index contributed by atoms with van der Waals surface area (Å²) in [4.78, 5) is 26.4. The lowest BCUT2D eigenvalue weighted by Gasteiger charge is -2.40. The van der Waals surface area contributed by atoms with Crippen molar-refractivity contribution in [3.05, 3.63) is 51.3 Å². The molecule has 1 fully saturated rings. The van der Waals surface area contributed by atoms with Gasteiger partial charge in [-0.05, 0) is 44.2 Å². The highest BCUT2D eigenvalue weighted by Gasteiger charge is 2.43. The maximum Gasteiger partial charge on any atom is 0.254 e. The van der Waals surface area contributed by atoms with Crippen LogP contribution in [0.3, 0.4) is 0 Å². The van der Waals surface area contributed by atoms with Crippen LogP contribution in [-0.4, -0.2) is 42.7 Å². The number of nitrogens with one attached hydrogen (secondary N) is 1. The Kier molecular flexibility index (Phi) is 4.33. The zero-order chi connectivity index (χ0) is 19.2. The van der Waals surface area contributed by atoms with E-state index in [0.717, 1.165) is 55.8 Å². The summed E-state index contributed by atoms with van der Waals surface area (Å²) in [6.45, 7) is 3.54. The summed E-state index contributed by atoms with van der Waals surface area (Å²) in [6.07, 6.45) is 6.56. The zero-order valence-corrected chi connectivity index (χ0v) is 16.5. The normalized spacial score (nSPS) is 18.7. The van der Waals surface area contributed by atoms with Gasteiger partial charge in [-0.1, -0.05) is 6.07 Å². The quantitative estimate of drug-likeness (QED) is 0.856. The van der Waals surface area contributed by atoms with E-state index in [4.69, 9.17) is 0 Å². The van der Waals surface area contributed by atoms with Crippen molar-refractivity contribution >= 4 is 15.7 Å². The first-order valence-corrected chi connectivity index (χ1v) is 11.3. The maximum absolute atomic E-state index is 12.2. The second-order valence-corrected chi connectivity index (χ2v) is 9.98. The van der Waals surface area contributed by atoms with Gasteiger partial charge in [0.1, 0.15) is 11.6 Å². The first-order valence-electron chi connectivity index (χ1n) is 9.24. The minimum Gasteiger partial charge on any atom is -0.357 e. The molecule has 0 atom stereocenters. The lowest BCUT2D eigenvalue weighted by Crippen LogP contribution is -2.42. The van der Waals surface area contributed by atoms with Crippen LogP contribution < -0.4 is 10.5 Å². The lowest BCUT2D eigenvalue weighted by atomic mass is 9.76. The number of hydrogen-bond acceptors (Lipinski definition) is 6. The van der Waals surface area contributed by atoms with Crippen molar-refractivity contribution in [3.8, 4) is 0 Å². The van der Waals surface area contributed by atoms with Crippen molar-refractivity contribution in [1.29, 1.82) is 0 Å². The fourth-order valence-corrected chi connectivity index (χ4v) is 5.18. The number of hydrogen-bond donors (Lipinski definition) is 1. The number of anilines is 1. The van der Waals surface area contributed by atoms with Crippen LogP contribution >= 0.6 is 0 Å². The smallest absolute Gasteiger partial charge is 0.254 e. The summed E-state index contributed by atoms with van der Waals surface area (Å²) in [7, 11) is -3.05. The molecule has 0 amide bonds. The second kappa shape index (κ2) is 6.44. The molecule has 0 radical (unpaired) electrons. The Morgan fingerprint density at radius 3 is 2.59 bits per heavy atom. The summed E-state index contributed by atoms with van der Waals surface area (Å²) in [5.41, 5.74) is 2.58. The minimum atomic E-state index is -3.05. The van der Waals surface area contributed by atoms with E-state index in [0.29, 0.717) is 11.4 Å². The van der Waals surface area contributed by atoms with E-state index in [1.54, 1.807) is 6.20 Å². The minimum absolute atomic E-state index is 0.00107. The number of aryl methyl sites for hydroxylation is 1. The van der Waals surface area contributed by atoms with Crippen LogP contribution in [0.4, 0.5) is 5.82 Å². The Hall–Kier alpha value is -2.22. The van der Waals surface area contributed by atoms with Gasteiger partial charge >= 0.3 is 0 Å². The largest absolute Gasteiger partial charge is 0.357 e. The highest BCUT2D eigenvalue weighted by molar-refractivity contribution is 7.89. The van der Waals surface area contributed by atoms with Crippen LogP contribution in [0.25, 0.3) is 0 Å².